The van der Waals surface area contributed by atoms with Crippen LogP contribution in [0.1, 0.15) is 0 Å². The Kier molecular flexibility index (Phi) is 4.91. The predicted molar refractivity (Wildman–Crippen MR) is 41.2 cm³/mol. The molecule has 0 fully saturated rings. The zero-order valence-electron chi connectivity index (χ0n) is 8.82. The van der Waals surface area contributed by atoms with Crippen molar-refractivity contribution in [2.45, 2.75) is 24.6 Å². The van der Waals surface area contributed by atoms with E-state index in [2.05, 4.69) is 0 Å². The lowest BCUT2D eigenvalue weighted by atomic mass is 9.98. The van der Waals surface area contributed by atoms with Crippen molar-refractivity contribution in [2.75, 3.05) is 0 Å². The van der Waals surface area contributed by atoms with Gasteiger partial charge >= 0.3 is 30.4 Å². The number of nitrogens with one attached hydrogen (secondary N) is 1. The summed E-state index contributed by atoms with van der Waals surface area (Å²) in [6.07, 6.45) is -18.3. The van der Waals surface area contributed by atoms with E-state index in [1.807, 2.05) is 0 Å². The summed E-state index contributed by atoms with van der Waals surface area (Å²) in [5, 5.41) is 8.37. The van der Waals surface area contributed by atoms with Gasteiger partial charge in [-0.2, -0.15) is 39.5 Å². The number of aliphatic carboxylic acids is 1. The molecule has 0 unspecified atom stereocenters. The van der Waals surface area contributed by atoms with E-state index in [9.17, 15) is 49.1 Å². The van der Waals surface area contributed by atoms with Gasteiger partial charge in [-0.3, -0.25) is 4.79 Å². The van der Waals surface area contributed by atoms with E-state index in [1.54, 1.807) is 0 Å². The molecule has 0 saturated heterocycles. The van der Waals surface area contributed by atoms with Crippen LogP contribution in [-0.2, 0) is 9.59 Å². The zero-order chi connectivity index (χ0) is 16.5. The van der Waals surface area contributed by atoms with Gasteiger partial charge in [-0.05, 0) is 0 Å². The maximum absolute atomic E-state index is 12.2. The second-order valence-electron chi connectivity index (χ2n) is 3.35. The summed E-state index contributed by atoms with van der Waals surface area (Å²) in [4.78, 5) is 20.6. The summed E-state index contributed by atoms with van der Waals surface area (Å²) >= 11 is 0. The summed E-state index contributed by atoms with van der Waals surface area (Å²) in [5.74, 6) is -10.8. The van der Waals surface area contributed by atoms with Crippen molar-refractivity contribution >= 4 is 11.9 Å². The van der Waals surface area contributed by atoms with Crippen LogP contribution in [-0.4, -0.2) is 41.6 Å². The Labute approximate surface area is 103 Å². The van der Waals surface area contributed by atoms with Gasteiger partial charge in [0.15, 0.2) is 5.92 Å². The van der Waals surface area contributed by atoms with Gasteiger partial charge in [-0.15, -0.1) is 0 Å². The fourth-order valence-corrected chi connectivity index (χ4v) is 1.07. The minimum atomic E-state index is -6.22. The number of hydrogen-bond acceptors (Lipinski definition) is 2. The first-order chi connectivity index (χ1) is 8.58. The van der Waals surface area contributed by atoms with E-state index < -0.39 is 42.4 Å². The summed E-state index contributed by atoms with van der Waals surface area (Å²) in [6, 6.07) is -3.86. The first-order valence-corrected chi connectivity index (χ1v) is 4.32. The van der Waals surface area contributed by atoms with Crippen LogP contribution in [0.3, 0.4) is 0 Å². The molecule has 0 aliphatic rings. The number of carboxylic acids is 1. The molecule has 2 N–H and O–H groups in total. The van der Waals surface area contributed by atoms with Crippen LogP contribution < -0.4 is 5.32 Å². The second kappa shape index (κ2) is 5.36. The average Bonchev–Trinajstić information content (AvgIpc) is 2.09. The fraction of sp³-hybridized carbons (Fsp3) is 0.714. The highest BCUT2D eigenvalue weighted by Crippen LogP contribution is 2.41. The number of rotatable bonds is 3. The fourth-order valence-electron chi connectivity index (χ4n) is 1.07. The largest absolute Gasteiger partial charge is 0.480 e. The number of carbonyl (C=O) groups is 2. The van der Waals surface area contributed by atoms with Crippen molar-refractivity contribution in [3.8, 4) is 0 Å². The summed E-state index contributed by atoms with van der Waals surface area (Å²) in [6.45, 7) is 0. The third-order valence-corrected chi connectivity index (χ3v) is 1.85. The first kappa shape index (κ1) is 18.3. The molecular weight excluding hydrogens is 317 g/mol. The molecule has 20 heavy (non-hydrogen) atoms. The van der Waals surface area contributed by atoms with Crippen molar-refractivity contribution < 1.29 is 54.2 Å². The van der Waals surface area contributed by atoms with Gasteiger partial charge in [0.25, 0.3) is 0 Å². The molecule has 1 amide bonds. The lowest BCUT2D eigenvalue weighted by molar-refractivity contribution is -0.291. The minimum absolute atomic E-state index is 0.166. The molecule has 0 bridgehead atoms. The van der Waals surface area contributed by atoms with Gasteiger partial charge in [0.1, 0.15) is 6.04 Å². The van der Waals surface area contributed by atoms with E-state index in [0.717, 1.165) is 0 Å². The highest BCUT2D eigenvalue weighted by atomic mass is 19.4. The van der Waals surface area contributed by atoms with Gasteiger partial charge < -0.3 is 10.4 Å². The van der Waals surface area contributed by atoms with Crippen molar-refractivity contribution in [2.24, 2.45) is 5.92 Å². The Hall–Kier alpha value is -1.69. The molecule has 0 aliphatic carbocycles. The monoisotopic (exact) mass is 321 g/mol. The Morgan fingerprint density at radius 1 is 0.850 bits per heavy atom. The molecule has 0 rings (SSSR count). The number of halogens is 9. The standard InChI is InChI=1S/C7H4F9NO3/c8-5(9,10)2(6(11,12)13)1(3(18)19)17-4(20)7(14,15)16/h1-2H,(H,17,20)(H,18,19)/t1-/m0/s1. The van der Waals surface area contributed by atoms with Crippen LogP contribution in [0, 0.1) is 5.92 Å². The maximum atomic E-state index is 12.2. The first-order valence-electron chi connectivity index (χ1n) is 4.32. The predicted octanol–water partition coefficient (Wildman–Crippen LogP) is 1.86. The zero-order valence-corrected chi connectivity index (χ0v) is 8.82. The van der Waals surface area contributed by atoms with Crippen LogP contribution in [0.25, 0.3) is 0 Å². The number of alkyl halides is 9. The average molecular weight is 321 g/mol. The molecule has 0 saturated carbocycles. The molecule has 0 spiro atoms. The van der Waals surface area contributed by atoms with Crippen LogP contribution in [0.15, 0.2) is 0 Å². The molecule has 0 heterocycles. The van der Waals surface area contributed by atoms with Crippen molar-refractivity contribution in [3.05, 3.63) is 0 Å². The molecule has 0 aliphatic heterocycles. The van der Waals surface area contributed by atoms with Crippen LogP contribution >= 0.6 is 0 Å². The Balaban J connectivity index is 5.55. The minimum Gasteiger partial charge on any atom is -0.480 e. The lowest BCUT2D eigenvalue weighted by Gasteiger charge is -2.28. The Bertz CT molecular complexity index is 368. The van der Waals surface area contributed by atoms with Crippen LogP contribution in [0.5, 0.6) is 0 Å². The van der Waals surface area contributed by atoms with E-state index in [1.165, 1.54) is 0 Å². The Morgan fingerprint density at radius 2 is 1.20 bits per heavy atom. The van der Waals surface area contributed by atoms with Crippen LogP contribution in [0.2, 0.25) is 0 Å². The number of hydrogen-bond donors (Lipinski definition) is 2. The highest BCUT2D eigenvalue weighted by Gasteiger charge is 2.63. The van der Waals surface area contributed by atoms with Crippen molar-refractivity contribution in [1.29, 1.82) is 0 Å². The number of carbonyl (C=O) groups excluding carboxylic acids is 1. The molecule has 0 radical (unpaired) electrons. The topological polar surface area (TPSA) is 66.4 Å². The van der Waals surface area contributed by atoms with Crippen LogP contribution in [0.4, 0.5) is 39.5 Å². The quantitative estimate of drug-likeness (QED) is 0.780. The molecule has 1 atom stereocenters. The smallest absolute Gasteiger partial charge is 0.471 e. The van der Waals surface area contributed by atoms with Gasteiger partial charge in [-0.25, -0.2) is 4.79 Å². The number of carboxylic acid groups (broad SMARTS) is 1. The third kappa shape index (κ3) is 4.77. The molecule has 4 nitrogen and oxygen atoms in total. The molecular formula is C7H4F9NO3. The highest BCUT2D eigenvalue weighted by molar-refractivity contribution is 5.87. The van der Waals surface area contributed by atoms with Crippen molar-refractivity contribution in [1.82, 2.24) is 5.32 Å². The van der Waals surface area contributed by atoms with E-state index in [-0.39, 0.29) is 5.32 Å². The van der Waals surface area contributed by atoms with E-state index in [4.69, 9.17) is 5.11 Å². The molecule has 0 aromatic rings. The van der Waals surface area contributed by atoms with Crippen molar-refractivity contribution in [3.63, 3.8) is 0 Å². The maximum Gasteiger partial charge on any atom is 0.471 e. The lowest BCUT2D eigenvalue weighted by Crippen LogP contribution is -2.58. The van der Waals surface area contributed by atoms with Gasteiger partial charge in [0.05, 0.1) is 0 Å². The van der Waals surface area contributed by atoms with E-state index >= 15 is 0 Å². The molecule has 0 aromatic carbocycles. The SMILES string of the molecule is O=C(O)[C@@H](NC(=O)C(F)(F)F)C(C(F)(F)F)C(F)(F)F. The van der Waals surface area contributed by atoms with Gasteiger partial charge in [0.2, 0.25) is 0 Å². The normalized spacial score (nSPS) is 15.1. The second-order valence-corrected chi connectivity index (χ2v) is 3.35. The molecule has 13 heteroatoms. The third-order valence-electron chi connectivity index (χ3n) is 1.85. The Morgan fingerprint density at radius 3 is 1.40 bits per heavy atom. The summed E-state index contributed by atoms with van der Waals surface area (Å²) in [7, 11) is 0. The summed E-state index contributed by atoms with van der Waals surface area (Å²) in [5.41, 5.74) is 0. The van der Waals surface area contributed by atoms with Gasteiger partial charge in [-0.1, -0.05) is 0 Å². The molecule has 0 aromatic heterocycles. The van der Waals surface area contributed by atoms with E-state index in [0.29, 0.717) is 0 Å². The number of amides is 1. The van der Waals surface area contributed by atoms with Gasteiger partial charge in [0, 0.05) is 0 Å². The summed E-state index contributed by atoms with van der Waals surface area (Å²) < 4.78 is 108. The molecule has 118 valence electrons.